The molecule has 0 radical (unpaired) electrons. The van der Waals surface area contributed by atoms with E-state index in [1.54, 1.807) is 26.2 Å². The maximum absolute atomic E-state index is 12.8. The number of aromatic nitrogens is 5. The van der Waals surface area contributed by atoms with Crippen molar-refractivity contribution in [3.63, 3.8) is 0 Å². The Morgan fingerprint density at radius 3 is 2.90 bits per heavy atom. The number of rotatable bonds is 6. The molecule has 0 fully saturated rings. The number of benzene rings is 1. The van der Waals surface area contributed by atoms with Crippen LogP contribution in [0, 0.1) is 0 Å². The Balaban J connectivity index is 1.40. The number of likely N-dealkylation sites (N-methyl/N-ethyl adjacent to an activating group) is 1. The summed E-state index contributed by atoms with van der Waals surface area (Å²) < 4.78 is 5.03. The molecule has 1 aliphatic rings. The molecule has 0 saturated carbocycles. The lowest BCUT2D eigenvalue weighted by Crippen LogP contribution is -2.36. The van der Waals surface area contributed by atoms with Crippen molar-refractivity contribution in [1.29, 1.82) is 0 Å². The first-order valence-electron chi connectivity index (χ1n) is 10.2. The van der Waals surface area contributed by atoms with Gasteiger partial charge in [0.05, 0.1) is 12.2 Å². The molecule has 0 saturated heterocycles. The SMILES string of the molecule is CN(C)CCn1nc2n(c1=O)CCC(NC(=O)c1cccc(-n3cccn3)c1)CC2. The Labute approximate surface area is 174 Å². The van der Waals surface area contributed by atoms with Crippen molar-refractivity contribution in [3.05, 3.63) is 64.6 Å². The number of carbonyl (C=O) groups is 1. The van der Waals surface area contributed by atoms with Crippen LogP contribution in [0.15, 0.2) is 47.5 Å². The van der Waals surface area contributed by atoms with Crippen molar-refractivity contribution in [3.8, 4) is 5.69 Å². The fraction of sp³-hybridized carbons (Fsp3) is 0.429. The monoisotopic (exact) mass is 409 g/mol. The minimum absolute atomic E-state index is 0.00202. The zero-order valence-corrected chi connectivity index (χ0v) is 17.4. The number of nitrogens with zero attached hydrogens (tertiary/aromatic N) is 6. The highest BCUT2D eigenvalue weighted by molar-refractivity contribution is 5.94. The standard InChI is InChI=1S/C21H27N7O2/c1-25(2)13-14-28-21(30)26-12-9-17(7-8-19(26)24-28)23-20(29)16-5-3-6-18(15-16)27-11-4-10-22-27/h3-6,10-11,15,17H,7-9,12-14H2,1-2H3,(H,23,29). The Morgan fingerprint density at radius 2 is 2.13 bits per heavy atom. The summed E-state index contributed by atoms with van der Waals surface area (Å²) in [6.07, 6.45) is 5.68. The molecule has 3 aromatic rings. The Hall–Kier alpha value is -3.20. The van der Waals surface area contributed by atoms with E-state index in [9.17, 15) is 9.59 Å². The van der Waals surface area contributed by atoms with Gasteiger partial charge >= 0.3 is 5.69 Å². The molecule has 3 heterocycles. The van der Waals surface area contributed by atoms with Gasteiger partial charge in [-0.3, -0.25) is 9.36 Å². The number of nitrogens with one attached hydrogen (secondary N) is 1. The molecule has 1 N–H and O–H groups in total. The second kappa shape index (κ2) is 8.66. The van der Waals surface area contributed by atoms with Crippen LogP contribution in [0.4, 0.5) is 0 Å². The molecular weight excluding hydrogens is 382 g/mol. The van der Waals surface area contributed by atoms with Gasteiger partial charge in [0, 0.05) is 43.5 Å². The molecular formula is C21H27N7O2. The molecule has 1 aliphatic heterocycles. The van der Waals surface area contributed by atoms with E-state index in [2.05, 4.69) is 15.5 Å². The van der Waals surface area contributed by atoms with Gasteiger partial charge in [0.1, 0.15) is 5.82 Å². The molecule has 2 aromatic heterocycles. The Kier molecular flexibility index (Phi) is 5.80. The Bertz CT molecular complexity index is 1070. The van der Waals surface area contributed by atoms with Gasteiger partial charge in [0.25, 0.3) is 5.91 Å². The van der Waals surface area contributed by atoms with Crippen LogP contribution in [-0.2, 0) is 19.5 Å². The molecule has 0 aliphatic carbocycles. The molecule has 4 rings (SSSR count). The summed E-state index contributed by atoms with van der Waals surface area (Å²) in [6, 6.07) is 9.24. The van der Waals surface area contributed by atoms with Crippen LogP contribution in [0.1, 0.15) is 29.0 Å². The van der Waals surface area contributed by atoms with E-state index in [1.165, 1.54) is 0 Å². The first-order valence-corrected chi connectivity index (χ1v) is 10.2. The van der Waals surface area contributed by atoms with Crippen molar-refractivity contribution >= 4 is 5.91 Å². The summed E-state index contributed by atoms with van der Waals surface area (Å²) in [5.41, 5.74) is 1.37. The predicted octanol–water partition coefficient (Wildman–Crippen LogP) is 0.927. The van der Waals surface area contributed by atoms with Gasteiger partial charge in [-0.15, -0.1) is 0 Å². The number of carbonyl (C=O) groups excluding carboxylic acids is 1. The zero-order chi connectivity index (χ0) is 21.1. The highest BCUT2D eigenvalue weighted by Gasteiger charge is 2.22. The highest BCUT2D eigenvalue weighted by atomic mass is 16.2. The first-order chi connectivity index (χ1) is 14.5. The van der Waals surface area contributed by atoms with Gasteiger partial charge in [0.15, 0.2) is 0 Å². The highest BCUT2D eigenvalue weighted by Crippen LogP contribution is 2.14. The quantitative estimate of drug-likeness (QED) is 0.654. The zero-order valence-electron chi connectivity index (χ0n) is 17.4. The second-order valence-corrected chi connectivity index (χ2v) is 7.88. The van der Waals surface area contributed by atoms with Gasteiger partial charge in [-0.1, -0.05) is 6.07 Å². The first kappa shape index (κ1) is 20.1. The maximum atomic E-state index is 12.8. The maximum Gasteiger partial charge on any atom is 0.345 e. The van der Waals surface area contributed by atoms with E-state index in [-0.39, 0.29) is 17.6 Å². The molecule has 1 unspecified atom stereocenters. The molecule has 0 bridgehead atoms. The van der Waals surface area contributed by atoms with E-state index in [1.807, 2.05) is 49.5 Å². The van der Waals surface area contributed by atoms with E-state index in [0.29, 0.717) is 31.5 Å². The van der Waals surface area contributed by atoms with Gasteiger partial charge in [-0.05, 0) is 51.2 Å². The number of fused-ring (bicyclic) bond motifs is 1. The van der Waals surface area contributed by atoms with Crippen LogP contribution in [0.3, 0.4) is 0 Å². The van der Waals surface area contributed by atoms with Gasteiger partial charge in [0.2, 0.25) is 0 Å². The van der Waals surface area contributed by atoms with Crippen LogP contribution in [-0.4, -0.2) is 61.6 Å². The summed E-state index contributed by atoms with van der Waals surface area (Å²) in [7, 11) is 3.95. The summed E-state index contributed by atoms with van der Waals surface area (Å²) in [4.78, 5) is 27.5. The molecule has 9 nitrogen and oxygen atoms in total. The third-order valence-electron chi connectivity index (χ3n) is 5.39. The molecule has 0 spiro atoms. The van der Waals surface area contributed by atoms with E-state index in [4.69, 9.17) is 0 Å². The number of hydrogen-bond acceptors (Lipinski definition) is 5. The van der Waals surface area contributed by atoms with Crippen LogP contribution < -0.4 is 11.0 Å². The van der Waals surface area contributed by atoms with Gasteiger partial charge < -0.3 is 10.2 Å². The van der Waals surface area contributed by atoms with Crippen LogP contribution in [0.5, 0.6) is 0 Å². The normalized spacial score (nSPS) is 16.3. The third kappa shape index (κ3) is 4.35. The molecule has 1 aromatic carbocycles. The summed E-state index contributed by atoms with van der Waals surface area (Å²) in [6.45, 7) is 1.92. The lowest BCUT2D eigenvalue weighted by Gasteiger charge is -2.16. The van der Waals surface area contributed by atoms with Crippen molar-refractivity contribution in [1.82, 2.24) is 34.3 Å². The van der Waals surface area contributed by atoms with Crippen LogP contribution in [0.2, 0.25) is 0 Å². The lowest BCUT2D eigenvalue weighted by atomic mass is 10.1. The minimum atomic E-state index is -0.114. The van der Waals surface area contributed by atoms with Crippen molar-refractivity contribution in [2.75, 3.05) is 20.6 Å². The fourth-order valence-corrected chi connectivity index (χ4v) is 3.69. The van der Waals surface area contributed by atoms with Gasteiger partial charge in [-0.25, -0.2) is 14.2 Å². The van der Waals surface area contributed by atoms with Crippen molar-refractivity contribution in [2.24, 2.45) is 0 Å². The minimum Gasteiger partial charge on any atom is -0.349 e. The third-order valence-corrected chi connectivity index (χ3v) is 5.39. The van der Waals surface area contributed by atoms with E-state index < -0.39 is 0 Å². The molecule has 1 amide bonds. The summed E-state index contributed by atoms with van der Waals surface area (Å²) >= 11 is 0. The average Bonchev–Trinajstić information content (AvgIpc) is 3.32. The average molecular weight is 409 g/mol. The van der Waals surface area contributed by atoms with Crippen molar-refractivity contribution in [2.45, 2.75) is 38.4 Å². The molecule has 9 heteroatoms. The van der Waals surface area contributed by atoms with Crippen LogP contribution >= 0.6 is 0 Å². The number of amides is 1. The largest absolute Gasteiger partial charge is 0.349 e. The fourth-order valence-electron chi connectivity index (χ4n) is 3.69. The summed E-state index contributed by atoms with van der Waals surface area (Å²) in [5.74, 6) is 0.688. The smallest absolute Gasteiger partial charge is 0.345 e. The summed E-state index contributed by atoms with van der Waals surface area (Å²) in [5, 5.41) is 11.8. The van der Waals surface area contributed by atoms with Crippen molar-refractivity contribution < 1.29 is 4.79 Å². The van der Waals surface area contributed by atoms with Gasteiger partial charge in [-0.2, -0.15) is 10.2 Å². The Morgan fingerprint density at radius 1 is 1.27 bits per heavy atom. The van der Waals surface area contributed by atoms with E-state index in [0.717, 1.165) is 24.5 Å². The number of aryl methyl sites for hydroxylation is 1. The molecule has 158 valence electrons. The second-order valence-electron chi connectivity index (χ2n) is 7.88. The predicted molar refractivity (Wildman–Crippen MR) is 113 cm³/mol. The topological polar surface area (TPSA) is 90.0 Å². The molecule has 1 atom stereocenters. The number of hydrogen-bond donors (Lipinski definition) is 1. The van der Waals surface area contributed by atoms with Crippen LogP contribution in [0.25, 0.3) is 5.69 Å². The molecule has 30 heavy (non-hydrogen) atoms. The van der Waals surface area contributed by atoms with E-state index >= 15 is 0 Å². The lowest BCUT2D eigenvalue weighted by molar-refractivity contribution is 0.0933.